The van der Waals surface area contributed by atoms with Crippen LogP contribution in [0.4, 0.5) is 0 Å². The Labute approximate surface area is 71.7 Å². The first-order chi connectivity index (χ1) is 4.63. The molecule has 0 radical (unpaired) electrons. The quantitative estimate of drug-likeness (QED) is 0.384. The Hall–Kier alpha value is -0.0600. The predicted octanol–water partition coefficient (Wildman–Crippen LogP) is 3.05. The molecule has 0 aromatic carbocycles. The van der Waals surface area contributed by atoms with Crippen molar-refractivity contribution < 1.29 is 4.79 Å². The summed E-state index contributed by atoms with van der Waals surface area (Å²) >= 11 is 4.97. The van der Waals surface area contributed by atoms with Crippen molar-refractivity contribution in [2.75, 3.05) is 0 Å². The first-order valence-corrected chi connectivity index (χ1v) is 5.29. The Balaban J connectivity index is 3.31. The van der Waals surface area contributed by atoms with Gasteiger partial charge in [-0.2, -0.15) is 0 Å². The van der Waals surface area contributed by atoms with E-state index in [2.05, 4.69) is 0 Å². The lowest BCUT2D eigenvalue weighted by Gasteiger charge is -1.86. The van der Waals surface area contributed by atoms with Gasteiger partial charge in [0.15, 0.2) is 5.78 Å². The van der Waals surface area contributed by atoms with E-state index in [0.29, 0.717) is 0 Å². The highest BCUT2D eigenvalue weighted by atomic mass is 32.9. The third-order valence-electron chi connectivity index (χ3n) is 1.17. The average molecular weight is 190 g/mol. The molecule has 0 unspecified atom stereocenters. The SMILES string of the molecule is CC(=O)c1ssc(=S)c1C. The Morgan fingerprint density at radius 1 is 1.50 bits per heavy atom. The summed E-state index contributed by atoms with van der Waals surface area (Å²) in [6.45, 7) is 3.46. The van der Waals surface area contributed by atoms with E-state index in [1.807, 2.05) is 6.92 Å². The van der Waals surface area contributed by atoms with Gasteiger partial charge in [-0.3, -0.25) is 4.79 Å². The van der Waals surface area contributed by atoms with Crippen molar-refractivity contribution >= 4 is 38.7 Å². The molecule has 0 aliphatic heterocycles. The van der Waals surface area contributed by atoms with E-state index in [0.717, 1.165) is 14.3 Å². The minimum Gasteiger partial charge on any atom is -0.294 e. The van der Waals surface area contributed by atoms with Crippen molar-refractivity contribution in [3.05, 3.63) is 14.3 Å². The molecule has 10 heavy (non-hydrogen) atoms. The molecule has 1 nitrogen and oxygen atoms in total. The maximum absolute atomic E-state index is 10.9. The molecule has 0 fully saturated rings. The predicted molar refractivity (Wildman–Crippen MR) is 47.8 cm³/mol. The molecule has 0 saturated heterocycles. The number of carbonyl (C=O) groups is 1. The molecule has 0 spiro atoms. The van der Waals surface area contributed by atoms with Crippen molar-refractivity contribution in [1.82, 2.24) is 0 Å². The van der Waals surface area contributed by atoms with E-state index in [4.69, 9.17) is 12.2 Å². The van der Waals surface area contributed by atoms with Crippen LogP contribution in [0.15, 0.2) is 0 Å². The summed E-state index contributed by atoms with van der Waals surface area (Å²) in [6.07, 6.45) is 0. The second-order valence-corrected chi connectivity index (χ2v) is 4.78. The van der Waals surface area contributed by atoms with Gasteiger partial charge in [0, 0.05) is 0 Å². The van der Waals surface area contributed by atoms with E-state index >= 15 is 0 Å². The second-order valence-electron chi connectivity index (χ2n) is 1.96. The number of Topliss-reactive ketones (excluding diaryl/α,β-unsaturated/α-hetero) is 1. The number of hydrogen-bond acceptors (Lipinski definition) is 4. The molecule has 1 aromatic heterocycles. The molecule has 0 atom stereocenters. The standard InChI is InChI=1S/C6H6OS3/c1-3-5(4(2)7)9-10-6(3)8/h1-2H3. The fourth-order valence-corrected chi connectivity index (χ4v) is 3.47. The van der Waals surface area contributed by atoms with Crippen molar-refractivity contribution in [2.24, 2.45) is 0 Å². The molecular formula is C6H6OS3. The zero-order chi connectivity index (χ0) is 7.72. The van der Waals surface area contributed by atoms with Gasteiger partial charge in [-0.15, -0.1) is 0 Å². The minimum absolute atomic E-state index is 0.120. The lowest BCUT2D eigenvalue weighted by molar-refractivity contribution is 0.102. The van der Waals surface area contributed by atoms with Crippen LogP contribution >= 0.6 is 32.9 Å². The number of carbonyl (C=O) groups excluding carboxylic acids is 1. The molecular weight excluding hydrogens is 184 g/mol. The van der Waals surface area contributed by atoms with Crippen LogP contribution in [0.3, 0.4) is 0 Å². The first-order valence-electron chi connectivity index (χ1n) is 2.73. The van der Waals surface area contributed by atoms with Crippen LogP contribution in [0.1, 0.15) is 22.2 Å². The van der Waals surface area contributed by atoms with Crippen LogP contribution in [0.5, 0.6) is 0 Å². The Morgan fingerprint density at radius 2 is 2.10 bits per heavy atom. The summed E-state index contributed by atoms with van der Waals surface area (Å²) in [5, 5.41) is 0. The van der Waals surface area contributed by atoms with Crippen LogP contribution in [-0.2, 0) is 0 Å². The van der Waals surface area contributed by atoms with Gasteiger partial charge in [0.05, 0.1) is 4.88 Å². The topological polar surface area (TPSA) is 17.1 Å². The molecule has 1 rings (SSSR count). The monoisotopic (exact) mass is 190 g/mol. The first kappa shape index (κ1) is 8.04. The smallest absolute Gasteiger partial charge is 0.170 e. The largest absolute Gasteiger partial charge is 0.294 e. The van der Waals surface area contributed by atoms with Crippen LogP contribution < -0.4 is 0 Å². The lowest BCUT2D eigenvalue weighted by Crippen LogP contribution is -1.88. The van der Waals surface area contributed by atoms with Crippen molar-refractivity contribution in [3.8, 4) is 0 Å². The number of ketones is 1. The highest BCUT2D eigenvalue weighted by Crippen LogP contribution is 2.23. The fourth-order valence-electron chi connectivity index (χ4n) is 0.620. The molecule has 1 aromatic rings. The van der Waals surface area contributed by atoms with Gasteiger partial charge in [-0.1, -0.05) is 32.9 Å². The Bertz CT molecular complexity index is 307. The third kappa shape index (κ3) is 1.33. The lowest BCUT2D eigenvalue weighted by atomic mass is 10.3. The summed E-state index contributed by atoms with van der Waals surface area (Å²) in [7, 11) is 2.97. The van der Waals surface area contributed by atoms with E-state index in [1.54, 1.807) is 6.92 Å². The minimum atomic E-state index is 0.120. The molecule has 0 saturated carbocycles. The molecule has 4 heteroatoms. The highest BCUT2D eigenvalue weighted by molar-refractivity contribution is 7.79. The zero-order valence-electron chi connectivity index (χ0n) is 5.63. The van der Waals surface area contributed by atoms with Crippen molar-refractivity contribution in [1.29, 1.82) is 0 Å². The molecule has 0 aliphatic carbocycles. The van der Waals surface area contributed by atoms with Crippen LogP contribution in [0.25, 0.3) is 0 Å². The van der Waals surface area contributed by atoms with Crippen LogP contribution in [0.2, 0.25) is 0 Å². The molecule has 54 valence electrons. The van der Waals surface area contributed by atoms with Gasteiger partial charge in [-0.25, -0.2) is 0 Å². The zero-order valence-corrected chi connectivity index (χ0v) is 8.08. The summed E-state index contributed by atoms with van der Waals surface area (Å²) in [5.74, 6) is 0.120. The fraction of sp³-hybridized carbons (Fsp3) is 0.333. The Morgan fingerprint density at radius 3 is 2.30 bits per heavy atom. The second kappa shape index (κ2) is 2.90. The normalized spacial score (nSPS) is 9.80. The molecule has 0 amide bonds. The van der Waals surface area contributed by atoms with E-state index < -0.39 is 0 Å². The Kier molecular flexibility index (Phi) is 2.33. The average Bonchev–Trinajstić information content (AvgIpc) is 2.14. The van der Waals surface area contributed by atoms with Crippen molar-refractivity contribution in [3.63, 3.8) is 0 Å². The van der Waals surface area contributed by atoms with Gasteiger partial charge in [0.2, 0.25) is 0 Å². The van der Waals surface area contributed by atoms with Gasteiger partial charge in [0.1, 0.15) is 3.82 Å². The molecule has 1 heterocycles. The van der Waals surface area contributed by atoms with Crippen LogP contribution in [0, 0.1) is 10.7 Å². The van der Waals surface area contributed by atoms with Crippen molar-refractivity contribution in [2.45, 2.75) is 13.8 Å². The maximum atomic E-state index is 10.9. The maximum Gasteiger partial charge on any atom is 0.170 e. The summed E-state index contributed by atoms with van der Waals surface area (Å²) in [4.78, 5) is 11.7. The van der Waals surface area contributed by atoms with Crippen LogP contribution in [-0.4, -0.2) is 5.78 Å². The van der Waals surface area contributed by atoms with Gasteiger partial charge >= 0.3 is 0 Å². The van der Waals surface area contributed by atoms with Gasteiger partial charge in [0.25, 0.3) is 0 Å². The summed E-state index contributed by atoms with van der Waals surface area (Å²) < 4.78 is 0.843. The summed E-state index contributed by atoms with van der Waals surface area (Å²) in [5.41, 5.74) is 0.970. The van der Waals surface area contributed by atoms with Gasteiger partial charge < -0.3 is 0 Å². The van der Waals surface area contributed by atoms with Gasteiger partial charge in [-0.05, 0) is 19.4 Å². The number of hydrogen-bond donors (Lipinski definition) is 0. The molecule has 0 aliphatic rings. The highest BCUT2D eigenvalue weighted by Gasteiger charge is 2.06. The number of rotatable bonds is 1. The third-order valence-corrected chi connectivity index (χ3v) is 4.59. The molecule has 0 bridgehead atoms. The summed E-state index contributed by atoms with van der Waals surface area (Å²) in [6, 6.07) is 0. The molecule has 0 N–H and O–H groups in total. The van der Waals surface area contributed by atoms with E-state index in [9.17, 15) is 4.79 Å². The van der Waals surface area contributed by atoms with E-state index in [-0.39, 0.29) is 5.78 Å². The van der Waals surface area contributed by atoms with E-state index in [1.165, 1.54) is 20.7 Å².